The van der Waals surface area contributed by atoms with Gasteiger partial charge >= 0.3 is 12.0 Å². The van der Waals surface area contributed by atoms with Crippen LogP contribution in [0, 0.1) is 0 Å². The molecule has 5 heteroatoms. The van der Waals surface area contributed by atoms with Crippen LogP contribution in [0.2, 0.25) is 0 Å². The molecule has 0 saturated carbocycles. The number of nitrogens with zero attached hydrogens (tertiary/aromatic N) is 1. The monoisotopic (exact) mass is 184 g/mol. The van der Waals surface area contributed by atoms with Crippen LogP contribution in [0.15, 0.2) is 12.2 Å². The Morgan fingerprint density at radius 1 is 1.46 bits per heavy atom. The number of rotatable bonds is 2. The Morgan fingerprint density at radius 3 is 2.46 bits per heavy atom. The zero-order valence-electron chi connectivity index (χ0n) is 7.36. The first kappa shape index (κ1) is 9.57. The summed E-state index contributed by atoms with van der Waals surface area (Å²) in [6.45, 7) is 2.54. The molecule has 1 unspecified atom stereocenters. The maximum absolute atomic E-state index is 11.3. The average Bonchev–Trinajstić information content (AvgIpc) is 2.55. The Balaban J connectivity index is 2.36. The van der Waals surface area contributed by atoms with Crippen LogP contribution < -0.4 is 5.32 Å². The van der Waals surface area contributed by atoms with E-state index in [1.807, 2.05) is 12.2 Å². The zero-order valence-corrected chi connectivity index (χ0v) is 7.36. The molecule has 0 aromatic carbocycles. The number of nitrogens with one attached hydrogen (secondary N) is 1. The second-order valence-corrected chi connectivity index (χ2v) is 2.89. The smallest absolute Gasteiger partial charge is 0.325 e. The van der Waals surface area contributed by atoms with Crippen LogP contribution in [0.1, 0.15) is 6.92 Å². The predicted molar refractivity (Wildman–Crippen MR) is 46.3 cm³/mol. The van der Waals surface area contributed by atoms with Gasteiger partial charge in [-0.1, -0.05) is 12.2 Å². The molecular weight excluding hydrogens is 172 g/mol. The molecule has 0 radical (unpaired) electrons. The average molecular weight is 184 g/mol. The van der Waals surface area contributed by atoms with Gasteiger partial charge in [-0.15, -0.1) is 0 Å². The summed E-state index contributed by atoms with van der Waals surface area (Å²) in [6.07, 6.45) is 3.73. The van der Waals surface area contributed by atoms with Gasteiger partial charge in [0.15, 0.2) is 0 Å². The first-order chi connectivity index (χ1) is 6.11. The largest absolute Gasteiger partial charge is 0.480 e. The van der Waals surface area contributed by atoms with Gasteiger partial charge in [0.2, 0.25) is 0 Å². The summed E-state index contributed by atoms with van der Waals surface area (Å²) in [6, 6.07) is -1.17. The van der Waals surface area contributed by atoms with Crippen LogP contribution >= 0.6 is 0 Å². The lowest BCUT2D eigenvalue weighted by molar-refractivity contribution is -0.138. The first-order valence-corrected chi connectivity index (χ1v) is 4.04. The number of carboxylic acid groups (broad SMARTS) is 1. The van der Waals surface area contributed by atoms with Crippen LogP contribution in [0.3, 0.4) is 0 Å². The molecule has 0 saturated heterocycles. The van der Waals surface area contributed by atoms with Gasteiger partial charge in [-0.2, -0.15) is 0 Å². The van der Waals surface area contributed by atoms with Crippen molar-refractivity contribution in [2.45, 2.75) is 13.0 Å². The van der Waals surface area contributed by atoms with Crippen molar-refractivity contribution in [3.63, 3.8) is 0 Å². The van der Waals surface area contributed by atoms with E-state index in [1.54, 1.807) is 0 Å². The summed E-state index contributed by atoms with van der Waals surface area (Å²) >= 11 is 0. The van der Waals surface area contributed by atoms with E-state index < -0.39 is 12.0 Å². The SMILES string of the molecule is CC(NC(=O)N1CC=CC1)C(=O)O. The summed E-state index contributed by atoms with van der Waals surface area (Å²) in [5.74, 6) is -1.03. The molecule has 0 aromatic rings. The van der Waals surface area contributed by atoms with Crippen LogP contribution in [0.4, 0.5) is 4.79 Å². The van der Waals surface area contributed by atoms with Crippen molar-refractivity contribution in [2.75, 3.05) is 13.1 Å². The molecular formula is C8H12N2O3. The van der Waals surface area contributed by atoms with Crippen molar-refractivity contribution in [2.24, 2.45) is 0 Å². The van der Waals surface area contributed by atoms with E-state index in [9.17, 15) is 9.59 Å². The second kappa shape index (κ2) is 3.93. The van der Waals surface area contributed by atoms with Crippen molar-refractivity contribution in [1.82, 2.24) is 10.2 Å². The standard InChI is InChI=1S/C8H12N2O3/c1-6(7(11)12)9-8(13)10-4-2-3-5-10/h2-3,6H,4-5H2,1H3,(H,9,13)(H,11,12). The molecule has 1 rings (SSSR count). The number of hydrogen-bond acceptors (Lipinski definition) is 2. The highest BCUT2D eigenvalue weighted by atomic mass is 16.4. The van der Waals surface area contributed by atoms with Crippen molar-refractivity contribution >= 4 is 12.0 Å². The van der Waals surface area contributed by atoms with Gasteiger partial charge in [0.25, 0.3) is 0 Å². The molecule has 2 N–H and O–H groups in total. The highest BCUT2D eigenvalue weighted by molar-refractivity contribution is 5.82. The van der Waals surface area contributed by atoms with Gasteiger partial charge in [-0.3, -0.25) is 4.79 Å². The predicted octanol–water partition coefficient (Wildman–Crippen LogP) is 0.0409. The molecule has 1 heterocycles. The molecule has 2 amide bonds. The van der Waals surface area contributed by atoms with E-state index >= 15 is 0 Å². The maximum Gasteiger partial charge on any atom is 0.325 e. The minimum atomic E-state index is -1.03. The molecule has 0 aromatic heterocycles. The van der Waals surface area contributed by atoms with Gasteiger partial charge < -0.3 is 15.3 Å². The van der Waals surface area contributed by atoms with E-state index in [0.29, 0.717) is 13.1 Å². The number of amides is 2. The molecule has 0 aliphatic carbocycles. The van der Waals surface area contributed by atoms with Crippen LogP contribution in [-0.2, 0) is 4.79 Å². The molecule has 0 spiro atoms. The van der Waals surface area contributed by atoms with E-state index in [1.165, 1.54) is 11.8 Å². The van der Waals surface area contributed by atoms with E-state index in [2.05, 4.69) is 5.32 Å². The van der Waals surface area contributed by atoms with Gasteiger partial charge in [-0.05, 0) is 6.92 Å². The lowest BCUT2D eigenvalue weighted by atomic mass is 10.3. The Morgan fingerprint density at radius 2 is 2.00 bits per heavy atom. The first-order valence-electron chi connectivity index (χ1n) is 4.04. The fourth-order valence-corrected chi connectivity index (χ4v) is 0.982. The van der Waals surface area contributed by atoms with Crippen LogP contribution in [-0.4, -0.2) is 41.1 Å². The summed E-state index contributed by atoms with van der Waals surface area (Å²) in [5.41, 5.74) is 0. The summed E-state index contributed by atoms with van der Waals surface area (Å²) < 4.78 is 0. The molecule has 0 fully saturated rings. The van der Waals surface area contributed by atoms with Crippen LogP contribution in [0.25, 0.3) is 0 Å². The Kier molecular flexibility index (Phi) is 2.89. The maximum atomic E-state index is 11.3. The second-order valence-electron chi connectivity index (χ2n) is 2.89. The topological polar surface area (TPSA) is 69.6 Å². The van der Waals surface area contributed by atoms with E-state index in [4.69, 9.17) is 5.11 Å². The van der Waals surface area contributed by atoms with Gasteiger partial charge in [0.1, 0.15) is 6.04 Å². The molecule has 0 bridgehead atoms. The molecule has 1 aliphatic rings. The van der Waals surface area contributed by atoms with Crippen molar-refractivity contribution < 1.29 is 14.7 Å². The Labute approximate surface area is 76.0 Å². The molecule has 13 heavy (non-hydrogen) atoms. The molecule has 1 aliphatic heterocycles. The van der Waals surface area contributed by atoms with Crippen molar-refractivity contribution in [3.05, 3.63) is 12.2 Å². The normalized spacial score (nSPS) is 17.2. The summed E-state index contributed by atoms with van der Waals surface area (Å²) in [4.78, 5) is 23.2. The quantitative estimate of drug-likeness (QED) is 0.595. The number of aliphatic carboxylic acids is 1. The molecule has 72 valence electrons. The summed E-state index contributed by atoms with van der Waals surface area (Å²) in [7, 11) is 0. The number of urea groups is 1. The van der Waals surface area contributed by atoms with Gasteiger partial charge in [0.05, 0.1) is 0 Å². The van der Waals surface area contributed by atoms with Crippen LogP contribution in [0.5, 0.6) is 0 Å². The highest BCUT2D eigenvalue weighted by Gasteiger charge is 2.19. The Hall–Kier alpha value is -1.52. The minimum Gasteiger partial charge on any atom is -0.480 e. The third-order valence-corrected chi connectivity index (χ3v) is 1.82. The van der Waals surface area contributed by atoms with E-state index in [-0.39, 0.29) is 6.03 Å². The number of carboxylic acids is 1. The summed E-state index contributed by atoms with van der Waals surface area (Å²) in [5, 5.41) is 10.9. The molecule has 5 nitrogen and oxygen atoms in total. The minimum absolute atomic E-state index is 0.333. The van der Waals surface area contributed by atoms with Crippen molar-refractivity contribution in [3.8, 4) is 0 Å². The number of hydrogen-bond donors (Lipinski definition) is 2. The third-order valence-electron chi connectivity index (χ3n) is 1.82. The lowest BCUT2D eigenvalue weighted by Gasteiger charge is -2.18. The van der Waals surface area contributed by atoms with Gasteiger partial charge in [0, 0.05) is 13.1 Å². The number of carbonyl (C=O) groups is 2. The number of carbonyl (C=O) groups excluding carboxylic acids is 1. The van der Waals surface area contributed by atoms with Crippen molar-refractivity contribution in [1.29, 1.82) is 0 Å². The lowest BCUT2D eigenvalue weighted by Crippen LogP contribution is -2.45. The fraction of sp³-hybridized carbons (Fsp3) is 0.500. The Bertz CT molecular complexity index is 242. The zero-order chi connectivity index (χ0) is 9.84. The third kappa shape index (κ3) is 2.47. The van der Waals surface area contributed by atoms with E-state index in [0.717, 1.165) is 0 Å². The van der Waals surface area contributed by atoms with Gasteiger partial charge in [-0.25, -0.2) is 4.79 Å². The molecule has 1 atom stereocenters. The highest BCUT2D eigenvalue weighted by Crippen LogP contribution is 1.99. The fourth-order valence-electron chi connectivity index (χ4n) is 0.982.